The van der Waals surface area contributed by atoms with Crippen LogP contribution in [0.1, 0.15) is 54.1 Å². The first kappa shape index (κ1) is 29.9. The molecule has 0 fully saturated rings. The highest BCUT2D eigenvalue weighted by atomic mass is 32.2. The van der Waals surface area contributed by atoms with Gasteiger partial charge < -0.3 is 15.2 Å². The quantitative estimate of drug-likeness (QED) is 0.126. The second kappa shape index (κ2) is 13.0. The summed E-state index contributed by atoms with van der Waals surface area (Å²) in [7, 11) is 0. The molecule has 4 rings (SSSR count). The summed E-state index contributed by atoms with van der Waals surface area (Å²) in [5.74, 6) is 0.294. The van der Waals surface area contributed by atoms with Crippen molar-refractivity contribution in [1.82, 2.24) is 25.1 Å². The van der Waals surface area contributed by atoms with Crippen molar-refractivity contribution in [2.75, 3.05) is 11.1 Å². The van der Waals surface area contributed by atoms with Crippen molar-refractivity contribution < 1.29 is 14.5 Å². The Morgan fingerprint density at radius 2 is 1.93 bits per heavy atom. The maximum atomic E-state index is 13.0. The Balaban J connectivity index is 1.41. The summed E-state index contributed by atoms with van der Waals surface area (Å²) in [5.41, 5.74) is 3.31. The molecule has 0 saturated carbocycles. The zero-order chi connectivity index (χ0) is 29.7. The lowest BCUT2D eigenvalue weighted by Gasteiger charge is -2.22. The molecule has 0 aliphatic carbocycles. The van der Waals surface area contributed by atoms with Crippen molar-refractivity contribution in [2.24, 2.45) is 5.92 Å². The normalized spacial score (nSPS) is 11.9. The maximum Gasteiger partial charge on any atom is 0.272 e. The highest BCUT2D eigenvalue weighted by Crippen LogP contribution is 2.30. The lowest BCUT2D eigenvalue weighted by atomic mass is 10.0. The highest BCUT2D eigenvalue weighted by molar-refractivity contribution is 7.99. The Hall–Kier alpha value is -4.10. The Labute approximate surface area is 246 Å². The van der Waals surface area contributed by atoms with Gasteiger partial charge in [-0.25, -0.2) is 4.98 Å². The van der Waals surface area contributed by atoms with Gasteiger partial charge in [-0.3, -0.25) is 19.7 Å². The number of hydrogen-bond acceptors (Lipinski definition) is 9. The zero-order valence-corrected chi connectivity index (χ0v) is 25.0. The number of nitro benzene ring substituents is 1. The number of nitrogens with one attached hydrogen (secondary N) is 2. The minimum absolute atomic E-state index is 0.0197. The van der Waals surface area contributed by atoms with Gasteiger partial charge in [-0.05, 0) is 38.8 Å². The maximum absolute atomic E-state index is 13.0. The number of hydrogen-bond donors (Lipinski definition) is 2. The van der Waals surface area contributed by atoms with E-state index in [1.54, 1.807) is 30.5 Å². The van der Waals surface area contributed by atoms with E-state index in [0.29, 0.717) is 45.0 Å². The summed E-state index contributed by atoms with van der Waals surface area (Å²) in [4.78, 5) is 41.0. The SMILES string of the molecule is CCn1c(SCC(=O)Nc2nc(-c3ccc(C)c([N+](=O)[O-])c3)cs2)nnc1[C@@H](NC(=O)c1cccc(C)c1)C(C)C. The Kier molecular flexibility index (Phi) is 9.50. The molecule has 2 aromatic carbocycles. The average Bonchev–Trinajstić information content (AvgIpc) is 3.57. The number of nitro groups is 1. The van der Waals surface area contributed by atoms with Gasteiger partial charge in [-0.15, -0.1) is 21.5 Å². The third-order valence-electron chi connectivity index (χ3n) is 6.36. The van der Waals surface area contributed by atoms with Crippen LogP contribution in [0.3, 0.4) is 0 Å². The number of carbonyl (C=O) groups excluding carboxylic acids is 2. The van der Waals surface area contributed by atoms with Gasteiger partial charge in [-0.2, -0.15) is 0 Å². The Morgan fingerprint density at radius 3 is 2.61 bits per heavy atom. The third-order valence-corrected chi connectivity index (χ3v) is 8.08. The van der Waals surface area contributed by atoms with E-state index in [2.05, 4.69) is 25.8 Å². The molecule has 11 nitrogen and oxygen atoms in total. The summed E-state index contributed by atoms with van der Waals surface area (Å²) >= 11 is 2.48. The largest absolute Gasteiger partial charge is 0.342 e. The van der Waals surface area contributed by atoms with Crippen molar-refractivity contribution in [3.8, 4) is 11.3 Å². The molecule has 0 bridgehead atoms. The molecule has 2 aromatic heterocycles. The first-order valence-corrected chi connectivity index (χ1v) is 14.9. The first-order chi connectivity index (χ1) is 19.6. The minimum atomic E-state index is -0.424. The second-order valence-corrected chi connectivity index (χ2v) is 11.6. The van der Waals surface area contributed by atoms with Gasteiger partial charge in [0, 0.05) is 34.7 Å². The van der Waals surface area contributed by atoms with E-state index in [1.165, 1.54) is 29.2 Å². The molecule has 2 N–H and O–H groups in total. The Morgan fingerprint density at radius 1 is 1.15 bits per heavy atom. The summed E-state index contributed by atoms with van der Waals surface area (Å²) in [6.07, 6.45) is 0. The lowest BCUT2D eigenvalue weighted by Crippen LogP contribution is -2.33. The predicted molar refractivity (Wildman–Crippen MR) is 160 cm³/mol. The predicted octanol–water partition coefficient (Wildman–Crippen LogP) is 5.80. The molecule has 0 aliphatic rings. The first-order valence-electron chi connectivity index (χ1n) is 13.0. The molecule has 2 amide bonds. The van der Waals surface area contributed by atoms with Crippen LogP contribution in [0.25, 0.3) is 11.3 Å². The average molecular weight is 594 g/mol. The molecular formula is C28H31N7O4S2. The van der Waals surface area contributed by atoms with Gasteiger partial charge in [0.15, 0.2) is 16.1 Å². The van der Waals surface area contributed by atoms with E-state index in [9.17, 15) is 19.7 Å². The molecule has 0 radical (unpaired) electrons. The molecule has 2 heterocycles. The van der Waals surface area contributed by atoms with Crippen LogP contribution in [0.5, 0.6) is 0 Å². The van der Waals surface area contributed by atoms with Crippen LogP contribution < -0.4 is 10.6 Å². The van der Waals surface area contributed by atoms with Crippen molar-refractivity contribution >= 4 is 45.7 Å². The van der Waals surface area contributed by atoms with Crippen LogP contribution in [-0.2, 0) is 11.3 Å². The van der Waals surface area contributed by atoms with Gasteiger partial charge in [-0.1, -0.05) is 55.4 Å². The van der Waals surface area contributed by atoms with Crippen LogP contribution >= 0.6 is 23.1 Å². The number of thiazole rings is 1. The fraction of sp³-hybridized carbons (Fsp3) is 0.321. The number of benzene rings is 2. The van der Waals surface area contributed by atoms with E-state index in [0.717, 1.165) is 5.56 Å². The number of aromatic nitrogens is 4. The molecule has 0 aliphatic heterocycles. The van der Waals surface area contributed by atoms with E-state index in [-0.39, 0.29) is 35.2 Å². The fourth-order valence-corrected chi connectivity index (χ4v) is 5.73. The Bertz CT molecular complexity index is 1580. The number of carbonyl (C=O) groups is 2. The van der Waals surface area contributed by atoms with Gasteiger partial charge >= 0.3 is 0 Å². The van der Waals surface area contributed by atoms with Crippen LogP contribution in [0.4, 0.5) is 10.8 Å². The van der Waals surface area contributed by atoms with Crippen LogP contribution in [0.15, 0.2) is 53.0 Å². The molecule has 1 atom stereocenters. The highest BCUT2D eigenvalue weighted by Gasteiger charge is 2.26. The number of rotatable bonds is 11. The molecule has 214 valence electrons. The molecular weight excluding hydrogens is 562 g/mol. The van der Waals surface area contributed by atoms with Gasteiger partial charge in [0.1, 0.15) is 0 Å². The summed E-state index contributed by atoms with van der Waals surface area (Å²) in [6.45, 7) is 10.2. The monoisotopic (exact) mass is 593 g/mol. The van der Waals surface area contributed by atoms with Gasteiger partial charge in [0.05, 0.1) is 22.4 Å². The van der Waals surface area contributed by atoms with Crippen molar-refractivity contribution in [2.45, 2.75) is 52.4 Å². The van der Waals surface area contributed by atoms with Crippen molar-refractivity contribution in [1.29, 1.82) is 0 Å². The molecule has 0 spiro atoms. The number of amides is 2. The second-order valence-electron chi connectivity index (χ2n) is 9.78. The number of thioether (sulfide) groups is 1. The van der Waals surface area contributed by atoms with Crippen molar-refractivity contribution in [3.05, 3.63) is 80.5 Å². The third kappa shape index (κ3) is 7.16. The molecule has 0 saturated heterocycles. The fourth-order valence-electron chi connectivity index (χ4n) is 4.19. The topological polar surface area (TPSA) is 145 Å². The standard InChI is InChI=1S/C28H31N7O4S2/c1-6-34-25(24(16(2)3)31-26(37)20-9-7-8-17(4)12-20)32-33-28(34)41-15-23(36)30-27-29-21(14-40-27)19-11-10-18(5)22(13-19)35(38)39/h7-14,16,24H,6,15H2,1-5H3,(H,31,37)(H,29,30,36)/t24-/m0/s1. The lowest BCUT2D eigenvalue weighted by molar-refractivity contribution is -0.385. The van der Waals surface area contributed by atoms with Crippen LogP contribution in [0, 0.1) is 29.9 Å². The molecule has 0 unspecified atom stereocenters. The van der Waals surface area contributed by atoms with Gasteiger partial charge in [0.25, 0.3) is 11.6 Å². The van der Waals surface area contributed by atoms with Crippen molar-refractivity contribution in [3.63, 3.8) is 0 Å². The van der Waals surface area contributed by atoms with Gasteiger partial charge in [0.2, 0.25) is 5.91 Å². The molecule has 13 heteroatoms. The minimum Gasteiger partial charge on any atom is -0.342 e. The van der Waals surface area contributed by atoms with E-state index in [1.807, 2.05) is 50.5 Å². The van der Waals surface area contributed by atoms with E-state index in [4.69, 9.17) is 0 Å². The molecule has 41 heavy (non-hydrogen) atoms. The summed E-state index contributed by atoms with van der Waals surface area (Å²) in [6, 6.07) is 12.0. The van der Waals surface area contributed by atoms with Crippen LogP contribution in [0.2, 0.25) is 0 Å². The summed E-state index contributed by atoms with van der Waals surface area (Å²) < 4.78 is 1.91. The zero-order valence-electron chi connectivity index (χ0n) is 23.4. The smallest absolute Gasteiger partial charge is 0.272 e. The summed E-state index contributed by atoms with van der Waals surface area (Å²) in [5, 5.41) is 28.6. The van der Waals surface area contributed by atoms with E-state index < -0.39 is 4.92 Å². The number of anilines is 1. The van der Waals surface area contributed by atoms with Crippen LogP contribution in [-0.4, -0.2) is 42.2 Å². The molecule has 4 aromatic rings. The van der Waals surface area contributed by atoms with E-state index >= 15 is 0 Å². The number of nitrogens with zero attached hydrogens (tertiary/aromatic N) is 5. The number of aryl methyl sites for hydroxylation is 2.